The van der Waals surface area contributed by atoms with E-state index in [-0.39, 0.29) is 0 Å². The van der Waals surface area contributed by atoms with Crippen LogP contribution in [0.15, 0.2) is 47.6 Å². The SMILES string of the molecule is C/C(=N/N)c1ccc2c(c1)Cc1ccccc1-2. The van der Waals surface area contributed by atoms with Crippen LogP contribution in [-0.2, 0) is 6.42 Å². The van der Waals surface area contributed by atoms with Crippen molar-refractivity contribution in [3.8, 4) is 11.1 Å². The summed E-state index contributed by atoms with van der Waals surface area (Å²) in [7, 11) is 0. The molecule has 0 radical (unpaired) electrons. The van der Waals surface area contributed by atoms with Crippen LogP contribution >= 0.6 is 0 Å². The van der Waals surface area contributed by atoms with E-state index in [1.165, 1.54) is 22.3 Å². The van der Waals surface area contributed by atoms with E-state index in [2.05, 4.69) is 47.6 Å². The summed E-state index contributed by atoms with van der Waals surface area (Å²) >= 11 is 0. The van der Waals surface area contributed by atoms with E-state index >= 15 is 0 Å². The second-order valence-electron chi connectivity index (χ2n) is 4.42. The van der Waals surface area contributed by atoms with Gasteiger partial charge in [0.25, 0.3) is 0 Å². The first-order valence-corrected chi connectivity index (χ1v) is 5.75. The van der Waals surface area contributed by atoms with Gasteiger partial charge in [0.15, 0.2) is 0 Å². The van der Waals surface area contributed by atoms with Gasteiger partial charge < -0.3 is 5.84 Å². The molecule has 0 bridgehead atoms. The Balaban J connectivity index is 2.13. The second-order valence-corrected chi connectivity index (χ2v) is 4.42. The highest BCUT2D eigenvalue weighted by atomic mass is 15.1. The van der Waals surface area contributed by atoms with Gasteiger partial charge in [-0.3, -0.25) is 0 Å². The second kappa shape index (κ2) is 3.74. The number of hydrogen-bond acceptors (Lipinski definition) is 2. The lowest BCUT2D eigenvalue weighted by molar-refractivity contribution is 1.23. The third kappa shape index (κ3) is 1.53. The molecule has 0 atom stereocenters. The third-order valence-electron chi connectivity index (χ3n) is 3.41. The normalized spacial score (nSPS) is 13.4. The standard InChI is InChI=1S/C15H14N2/c1-10(17-16)11-6-7-15-13(8-11)9-12-4-2-3-5-14(12)15/h2-8H,9,16H2,1H3/b17-10-. The van der Waals surface area contributed by atoms with Gasteiger partial charge in [0.2, 0.25) is 0 Å². The molecule has 0 spiro atoms. The molecule has 0 saturated carbocycles. The van der Waals surface area contributed by atoms with Crippen LogP contribution in [0.2, 0.25) is 0 Å². The summed E-state index contributed by atoms with van der Waals surface area (Å²) in [5.74, 6) is 5.32. The molecule has 2 nitrogen and oxygen atoms in total. The number of hydrogen-bond donors (Lipinski definition) is 1. The number of benzene rings is 2. The first-order chi connectivity index (χ1) is 8.29. The highest BCUT2D eigenvalue weighted by molar-refractivity contribution is 5.99. The summed E-state index contributed by atoms with van der Waals surface area (Å²) in [6, 6.07) is 15.0. The summed E-state index contributed by atoms with van der Waals surface area (Å²) < 4.78 is 0. The Morgan fingerprint density at radius 2 is 1.82 bits per heavy atom. The number of nitrogens with zero attached hydrogens (tertiary/aromatic N) is 1. The molecule has 2 aromatic carbocycles. The fraction of sp³-hybridized carbons (Fsp3) is 0.133. The van der Waals surface area contributed by atoms with E-state index < -0.39 is 0 Å². The molecule has 0 saturated heterocycles. The van der Waals surface area contributed by atoms with Crippen molar-refractivity contribution >= 4 is 5.71 Å². The number of fused-ring (bicyclic) bond motifs is 3. The predicted octanol–water partition coefficient (Wildman–Crippen LogP) is 2.94. The monoisotopic (exact) mass is 222 g/mol. The Morgan fingerprint density at radius 1 is 1.06 bits per heavy atom. The van der Waals surface area contributed by atoms with Crippen LogP contribution in [0.4, 0.5) is 0 Å². The summed E-state index contributed by atoms with van der Waals surface area (Å²) in [5.41, 5.74) is 7.46. The fourth-order valence-corrected chi connectivity index (χ4v) is 2.44. The lowest BCUT2D eigenvalue weighted by Gasteiger charge is -2.04. The van der Waals surface area contributed by atoms with E-state index in [0.29, 0.717) is 0 Å². The third-order valence-corrected chi connectivity index (χ3v) is 3.41. The lowest BCUT2D eigenvalue weighted by Crippen LogP contribution is -1.99. The molecule has 2 N–H and O–H groups in total. The Hall–Kier alpha value is -2.09. The molecule has 0 aliphatic heterocycles. The van der Waals surface area contributed by atoms with Crippen molar-refractivity contribution in [3.63, 3.8) is 0 Å². The van der Waals surface area contributed by atoms with Gasteiger partial charge in [-0.05, 0) is 47.2 Å². The topological polar surface area (TPSA) is 38.4 Å². The van der Waals surface area contributed by atoms with Crippen molar-refractivity contribution in [1.82, 2.24) is 0 Å². The zero-order valence-corrected chi connectivity index (χ0v) is 9.77. The molecular weight excluding hydrogens is 208 g/mol. The minimum Gasteiger partial charge on any atom is -0.323 e. The zero-order valence-electron chi connectivity index (χ0n) is 9.77. The van der Waals surface area contributed by atoms with E-state index in [4.69, 9.17) is 5.84 Å². The first-order valence-electron chi connectivity index (χ1n) is 5.75. The number of hydrazone groups is 1. The van der Waals surface area contributed by atoms with Gasteiger partial charge in [-0.15, -0.1) is 0 Å². The Bertz CT molecular complexity index is 612. The maximum atomic E-state index is 5.32. The van der Waals surface area contributed by atoms with Gasteiger partial charge in [-0.1, -0.05) is 36.4 Å². The maximum absolute atomic E-state index is 5.32. The van der Waals surface area contributed by atoms with Crippen molar-refractivity contribution in [3.05, 3.63) is 59.2 Å². The molecule has 1 aliphatic rings. The lowest BCUT2D eigenvalue weighted by atomic mass is 10.0. The predicted molar refractivity (Wildman–Crippen MR) is 71.1 cm³/mol. The van der Waals surface area contributed by atoms with Crippen molar-refractivity contribution in [2.45, 2.75) is 13.3 Å². The summed E-state index contributed by atoms with van der Waals surface area (Å²) in [5, 5.41) is 3.75. The molecule has 84 valence electrons. The molecule has 17 heavy (non-hydrogen) atoms. The average molecular weight is 222 g/mol. The zero-order chi connectivity index (χ0) is 11.8. The minimum atomic E-state index is 0.878. The largest absolute Gasteiger partial charge is 0.323 e. The van der Waals surface area contributed by atoms with Gasteiger partial charge in [-0.25, -0.2) is 0 Å². The molecule has 0 aromatic heterocycles. The Kier molecular flexibility index (Phi) is 2.22. The van der Waals surface area contributed by atoms with E-state index in [0.717, 1.165) is 17.7 Å². The molecule has 0 heterocycles. The van der Waals surface area contributed by atoms with Crippen LogP contribution in [0, 0.1) is 0 Å². The summed E-state index contributed by atoms with van der Waals surface area (Å²) in [6.45, 7) is 1.93. The molecule has 0 fully saturated rings. The molecular formula is C15H14N2. The minimum absolute atomic E-state index is 0.878. The Morgan fingerprint density at radius 3 is 2.65 bits per heavy atom. The van der Waals surface area contributed by atoms with Gasteiger partial charge in [0.1, 0.15) is 0 Å². The van der Waals surface area contributed by atoms with Gasteiger partial charge >= 0.3 is 0 Å². The highest BCUT2D eigenvalue weighted by Crippen LogP contribution is 2.36. The van der Waals surface area contributed by atoms with Crippen LogP contribution in [-0.4, -0.2) is 5.71 Å². The van der Waals surface area contributed by atoms with Crippen molar-refractivity contribution in [2.75, 3.05) is 0 Å². The molecule has 0 amide bonds. The van der Waals surface area contributed by atoms with Crippen LogP contribution in [0.5, 0.6) is 0 Å². The molecule has 1 aliphatic carbocycles. The van der Waals surface area contributed by atoms with E-state index in [9.17, 15) is 0 Å². The molecule has 0 unspecified atom stereocenters. The smallest absolute Gasteiger partial charge is 0.0641 e. The highest BCUT2D eigenvalue weighted by Gasteiger charge is 2.17. The summed E-state index contributed by atoms with van der Waals surface area (Å²) in [6.07, 6.45) is 1.01. The number of rotatable bonds is 1. The van der Waals surface area contributed by atoms with Gasteiger partial charge in [0.05, 0.1) is 5.71 Å². The van der Waals surface area contributed by atoms with E-state index in [1.54, 1.807) is 0 Å². The van der Waals surface area contributed by atoms with E-state index in [1.807, 2.05) is 6.92 Å². The van der Waals surface area contributed by atoms with Crippen LogP contribution in [0.1, 0.15) is 23.6 Å². The molecule has 3 rings (SSSR count). The van der Waals surface area contributed by atoms with Crippen LogP contribution in [0.25, 0.3) is 11.1 Å². The van der Waals surface area contributed by atoms with Crippen molar-refractivity contribution in [2.24, 2.45) is 10.9 Å². The fourth-order valence-electron chi connectivity index (χ4n) is 2.44. The van der Waals surface area contributed by atoms with Gasteiger partial charge in [-0.2, -0.15) is 5.10 Å². The summed E-state index contributed by atoms with van der Waals surface area (Å²) in [4.78, 5) is 0. The van der Waals surface area contributed by atoms with Gasteiger partial charge in [0, 0.05) is 0 Å². The first kappa shape index (κ1) is 10.1. The quantitative estimate of drug-likeness (QED) is 0.384. The molecule has 2 aromatic rings. The van der Waals surface area contributed by atoms with Crippen molar-refractivity contribution in [1.29, 1.82) is 0 Å². The van der Waals surface area contributed by atoms with Crippen LogP contribution in [0.3, 0.4) is 0 Å². The maximum Gasteiger partial charge on any atom is 0.0641 e. The number of nitrogens with two attached hydrogens (primary N) is 1. The van der Waals surface area contributed by atoms with Crippen molar-refractivity contribution < 1.29 is 0 Å². The molecule has 2 heteroatoms. The Labute approximate surface area is 101 Å². The average Bonchev–Trinajstić information content (AvgIpc) is 2.75. The van der Waals surface area contributed by atoms with Crippen LogP contribution < -0.4 is 5.84 Å².